The highest BCUT2D eigenvalue weighted by molar-refractivity contribution is 5.74. The highest BCUT2D eigenvalue weighted by atomic mass is 16.2. The third-order valence-corrected chi connectivity index (χ3v) is 1.20. The van der Waals surface area contributed by atoms with Gasteiger partial charge in [-0.15, -0.1) is 0 Å². The quantitative estimate of drug-likeness (QED) is 0.742. The van der Waals surface area contributed by atoms with Crippen molar-refractivity contribution in [3.05, 3.63) is 0 Å². The maximum atomic E-state index is 9.81. The van der Waals surface area contributed by atoms with Gasteiger partial charge in [0.15, 0.2) is 0 Å². The van der Waals surface area contributed by atoms with Crippen LogP contribution in [-0.4, -0.2) is 17.5 Å². The highest BCUT2D eigenvalue weighted by Crippen LogP contribution is 1.88. The van der Waals surface area contributed by atoms with Crippen LogP contribution in [0.2, 0.25) is 0 Å². The Morgan fingerprint density at radius 3 is 1.31 bits per heavy atom. The molecule has 0 aromatic heterocycles. The van der Waals surface area contributed by atoms with Crippen LogP contribution in [0.5, 0.6) is 0 Å². The molecule has 82 valence electrons. The van der Waals surface area contributed by atoms with Crippen molar-refractivity contribution in [3.8, 4) is 0 Å². The molecule has 0 radical (unpaired) electrons. The Morgan fingerprint density at radius 1 is 1.08 bits per heavy atom. The summed E-state index contributed by atoms with van der Waals surface area (Å²) in [7, 11) is 0. The maximum Gasteiger partial charge on any atom is 0.129 e. The smallest absolute Gasteiger partial charge is 0.129 e. The summed E-state index contributed by atoms with van der Waals surface area (Å²) in [6.07, 6.45) is 4.74. The zero-order valence-corrected chi connectivity index (χ0v) is 9.89. The van der Waals surface area contributed by atoms with Crippen LogP contribution in [0.4, 0.5) is 0 Å². The van der Waals surface area contributed by atoms with Crippen molar-refractivity contribution in [3.63, 3.8) is 0 Å². The van der Waals surface area contributed by atoms with Crippen LogP contribution in [0.15, 0.2) is 0 Å². The highest BCUT2D eigenvalue weighted by Gasteiger charge is 1.76. The van der Waals surface area contributed by atoms with Gasteiger partial charge >= 0.3 is 0 Å². The van der Waals surface area contributed by atoms with Gasteiger partial charge in [0.05, 0.1) is 0 Å². The number of aliphatic hydroxyl groups is 1. The van der Waals surface area contributed by atoms with Gasteiger partial charge in [-0.3, -0.25) is 0 Å². The number of Topliss-reactive ketones (excluding diaryl/α,β-unsaturated/α-hetero) is 1. The minimum absolute atomic E-state index is 0.250. The Kier molecular flexibility index (Phi) is 32.0. The Bertz CT molecular complexity index is 78.2. The molecule has 0 bridgehead atoms. The molecule has 0 heterocycles. The molecule has 2 nitrogen and oxygen atoms in total. The predicted octanol–water partition coefficient (Wildman–Crippen LogP) is 3.18. The van der Waals surface area contributed by atoms with E-state index in [1.807, 2.05) is 6.92 Å². The van der Waals surface area contributed by atoms with Gasteiger partial charge in [0.2, 0.25) is 0 Å². The Morgan fingerprint density at radius 2 is 1.31 bits per heavy atom. The van der Waals surface area contributed by atoms with E-state index in [0.29, 0.717) is 6.42 Å². The van der Waals surface area contributed by atoms with Crippen LogP contribution < -0.4 is 0 Å². The summed E-state index contributed by atoms with van der Waals surface area (Å²) in [4.78, 5) is 9.81. The standard InChI is InChI=1S/C5H12.C4H8O.C2H6O/c1-3-5-4-2;1-3-4(2)5;1-2-3/h3-5H2,1-2H3;3H2,1-2H3;3H,2H2,1H3. The van der Waals surface area contributed by atoms with E-state index in [1.165, 1.54) is 19.3 Å². The first-order chi connectivity index (χ1) is 6.10. The van der Waals surface area contributed by atoms with E-state index in [-0.39, 0.29) is 12.4 Å². The molecule has 0 unspecified atom stereocenters. The van der Waals surface area contributed by atoms with E-state index in [2.05, 4.69) is 13.8 Å². The van der Waals surface area contributed by atoms with Gasteiger partial charge in [-0.05, 0) is 13.8 Å². The van der Waals surface area contributed by atoms with Crippen molar-refractivity contribution in [1.29, 1.82) is 0 Å². The normalized spacial score (nSPS) is 7.54. The zero-order chi connectivity index (χ0) is 11.1. The molecular weight excluding hydrogens is 164 g/mol. The van der Waals surface area contributed by atoms with Crippen LogP contribution in [0.3, 0.4) is 0 Å². The molecule has 13 heavy (non-hydrogen) atoms. The third-order valence-electron chi connectivity index (χ3n) is 1.20. The molecule has 2 heteroatoms. The van der Waals surface area contributed by atoms with Crippen molar-refractivity contribution in [2.24, 2.45) is 0 Å². The SMILES string of the molecule is CCC(C)=O.CCCCC.CCO. The topological polar surface area (TPSA) is 37.3 Å². The number of unbranched alkanes of at least 4 members (excludes halogenated alkanes) is 2. The lowest BCUT2D eigenvalue weighted by molar-refractivity contribution is -0.116. The third kappa shape index (κ3) is 81.9. The maximum absolute atomic E-state index is 9.81. The molecule has 0 amide bonds. The summed E-state index contributed by atoms with van der Waals surface area (Å²) in [5, 5.41) is 7.57. The van der Waals surface area contributed by atoms with Gasteiger partial charge < -0.3 is 9.90 Å². The van der Waals surface area contributed by atoms with E-state index in [1.54, 1.807) is 13.8 Å². The van der Waals surface area contributed by atoms with Crippen molar-refractivity contribution >= 4 is 5.78 Å². The summed E-state index contributed by atoms with van der Waals surface area (Å²) >= 11 is 0. The minimum Gasteiger partial charge on any atom is -0.397 e. The van der Waals surface area contributed by atoms with Crippen molar-refractivity contribution in [2.75, 3.05) is 6.61 Å². The molecule has 0 rings (SSSR count). The molecule has 0 aromatic rings. The van der Waals surface area contributed by atoms with Gasteiger partial charge in [0, 0.05) is 13.0 Å². The second kappa shape index (κ2) is 22.6. The van der Waals surface area contributed by atoms with Crippen LogP contribution in [0.25, 0.3) is 0 Å². The number of aliphatic hydroxyl groups excluding tert-OH is 1. The van der Waals surface area contributed by atoms with Gasteiger partial charge in [0.1, 0.15) is 5.78 Å². The summed E-state index contributed by atoms with van der Waals surface area (Å²) < 4.78 is 0. The number of ketones is 1. The number of hydrogen-bond acceptors (Lipinski definition) is 2. The Hall–Kier alpha value is -0.370. The lowest BCUT2D eigenvalue weighted by Crippen LogP contribution is -1.80. The fourth-order valence-corrected chi connectivity index (χ4v) is 0.354. The molecular formula is C11H26O2. The average molecular weight is 190 g/mol. The zero-order valence-electron chi connectivity index (χ0n) is 9.89. The summed E-state index contributed by atoms with van der Waals surface area (Å²) in [6.45, 7) is 9.79. The first kappa shape index (κ1) is 18.4. The first-order valence-corrected chi connectivity index (χ1v) is 5.20. The van der Waals surface area contributed by atoms with E-state index in [0.717, 1.165) is 0 Å². The second-order valence-electron chi connectivity index (χ2n) is 2.73. The molecule has 0 aliphatic carbocycles. The van der Waals surface area contributed by atoms with Gasteiger partial charge in [-0.1, -0.05) is 40.0 Å². The predicted molar refractivity (Wildman–Crippen MR) is 58.9 cm³/mol. The fourth-order valence-electron chi connectivity index (χ4n) is 0.354. The molecule has 0 spiro atoms. The van der Waals surface area contributed by atoms with Gasteiger partial charge in [0.25, 0.3) is 0 Å². The fraction of sp³-hybridized carbons (Fsp3) is 0.909. The van der Waals surface area contributed by atoms with Gasteiger partial charge in [-0.25, -0.2) is 0 Å². The van der Waals surface area contributed by atoms with Crippen LogP contribution in [0, 0.1) is 0 Å². The molecule has 1 N–H and O–H groups in total. The molecule has 0 saturated carbocycles. The Labute approximate surface area is 83.4 Å². The second-order valence-corrected chi connectivity index (χ2v) is 2.73. The molecule has 0 saturated heterocycles. The number of carbonyl (C=O) groups is 1. The molecule has 0 aliphatic heterocycles. The van der Waals surface area contributed by atoms with E-state index in [4.69, 9.17) is 5.11 Å². The van der Waals surface area contributed by atoms with Crippen LogP contribution in [0.1, 0.15) is 60.3 Å². The summed E-state index contributed by atoms with van der Waals surface area (Å²) in [5.41, 5.74) is 0. The van der Waals surface area contributed by atoms with E-state index >= 15 is 0 Å². The lowest BCUT2D eigenvalue weighted by Gasteiger charge is -1.79. The van der Waals surface area contributed by atoms with Crippen molar-refractivity contribution in [2.45, 2.75) is 60.3 Å². The van der Waals surface area contributed by atoms with E-state index < -0.39 is 0 Å². The minimum atomic E-state index is 0.250. The van der Waals surface area contributed by atoms with Crippen LogP contribution in [-0.2, 0) is 4.79 Å². The first-order valence-electron chi connectivity index (χ1n) is 5.20. The number of carbonyl (C=O) groups excluding carboxylic acids is 1. The average Bonchev–Trinajstić information content (AvgIpc) is 2.08. The molecule has 0 atom stereocenters. The summed E-state index contributed by atoms with van der Waals surface area (Å²) in [6, 6.07) is 0. The monoisotopic (exact) mass is 190 g/mol. The summed E-state index contributed by atoms with van der Waals surface area (Å²) in [5.74, 6) is 0.255. The van der Waals surface area contributed by atoms with Crippen molar-refractivity contribution < 1.29 is 9.90 Å². The largest absolute Gasteiger partial charge is 0.397 e. The van der Waals surface area contributed by atoms with Crippen LogP contribution >= 0.6 is 0 Å². The lowest BCUT2D eigenvalue weighted by atomic mass is 10.3. The molecule has 0 aliphatic rings. The molecule has 0 aromatic carbocycles. The number of hydrogen-bond donors (Lipinski definition) is 1. The van der Waals surface area contributed by atoms with Gasteiger partial charge in [-0.2, -0.15) is 0 Å². The van der Waals surface area contributed by atoms with E-state index in [9.17, 15) is 4.79 Å². The molecule has 0 fully saturated rings. The Balaban J connectivity index is -0.000000120. The number of rotatable bonds is 3. The van der Waals surface area contributed by atoms with Crippen molar-refractivity contribution in [1.82, 2.24) is 0 Å².